The van der Waals surface area contributed by atoms with Crippen molar-refractivity contribution < 1.29 is 0 Å². The summed E-state index contributed by atoms with van der Waals surface area (Å²) < 4.78 is 0. The first-order valence-corrected chi connectivity index (χ1v) is 19.3. The van der Waals surface area contributed by atoms with Crippen LogP contribution in [0.4, 0.5) is 17.1 Å². The van der Waals surface area contributed by atoms with Crippen LogP contribution in [-0.4, -0.2) is 50.0 Å². The Kier molecular flexibility index (Phi) is 7.40. The predicted molar refractivity (Wildman–Crippen MR) is 201 cm³/mol. The molecule has 3 N–H and O–H groups in total. The van der Waals surface area contributed by atoms with Crippen LogP contribution in [0.5, 0.6) is 0 Å². The monoisotopic (exact) mass is 649 g/mol. The van der Waals surface area contributed by atoms with Crippen molar-refractivity contribution in [2.45, 2.75) is 92.4 Å². The van der Waals surface area contributed by atoms with Gasteiger partial charge in [-0.1, -0.05) is 78.9 Å². The number of nitrogens with zero attached hydrogens (tertiary/aromatic N) is 2. The van der Waals surface area contributed by atoms with Gasteiger partial charge in [-0.3, -0.25) is 5.32 Å². The lowest BCUT2D eigenvalue weighted by Gasteiger charge is -2.48. The van der Waals surface area contributed by atoms with Crippen LogP contribution in [0, 0.1) is 5.92 Å². The Balaban J connectivity index is 0.920. The van der Waals surface area contributed by atoms with Crippen molar-refractivity contribution in [1.29, 1.82) is 0 Å². The maximum atomic E-state index is 4.19. The first-order chi connectivity index (χ1) is 24.2. The SMILES string of the molecule is c1ccc(N(c2ccccc2)C2CNC3C(C2)c2ccccc2N3C23CCC(c4ccc(C5CNCC6CCCNC65)cc4)(CC2)C3)cc1. The summed E-state index contributed by atoms with van der Waals surface area (Å²) in [5, 5.41) is 11.9. The molecular weight excluding hydrogens is 599 g/mol. The Bertz CT molecular complexity index is 1720. The quantitative estimate of drug-likeness (QED) is 0.199. The van der Waals surface area contributed by atoms with Gasteiger partial charge in [-0.05, 0) is 123 Å². The van der Waals surface area contributed by atoms with Gasteiger partial charge >= 0.3 is 0 Å². The molecule has 4 aromatic rings. The summed E-state index contributed by atoms with van der Waals surface area (Å²) in [5.41, 5.74) is 9.23. The second-order valence-electron chi connectivity index (χ2n) is 16.3. The van der Waals surface area contributed by atoms with E-state index in [0.29, 0.717) is 35.5 Å². The molecule has 2 saturated carbocycles. The lowest BCUT2D eigenvalue weighted by atomic mass is 9.74. The van der Waals surface area contributed by atoms with Gasteiger partial charge in [0.1, 0.15) is 0 Å². The first-order valence-electron chi connectivity index (χ1n) is 19.3. The van der Waals surface area contributed by atoms with E-state index >= 15 is 0 Å². The molecular formula is C44H51N5. The molecule has 6 aliphatic rings. The molecule has 6 unspecified atom stereocenters. The van der Waals surface area contributed by atoms with Crippen LogP contribution >= 0.6 is 0 Å². The Morgan fingerprint density at radius 3 is 2.14 bits per heavy atom. The molecule has 0 radical (unpaired) electrons. The minimum absolute atomic E-state index is 0.221. The standard InChI is InChI=1S/C44H51N5/c1-3-11-34(12-4-1)48(35-13-5-2-6-14-35)36-26-38-37-15-7-8-16-40(37)49(42(38)47-28-36)44-23-21-43(30-44,22-24-44)33-19-17-31(18-20-33)39-29-45-27-32-10-9-25-46-41(32)39/h1-8,11-20,32,36,38-39,41-42,45-47H,9-10,21-30H2. The van der Waals surface area contributed by atoms with Gasteiger partial charge in [-0.25, -0.2) is 0 Å². The normalized spacial score (nSPS) is 34.7. The van der Waals surface area contributed by atoms with Gasteiger partial charge in [-0.15, -0.1) is 0 Å². The summed E-state index contributed by atoms with van der Waals surface area (Å²) in [6.07, 6.45) is 10.6. The van der Waals surface area contributed by atoms with Gasteiger partial charge in [0, 0.05) is 59.6 Å². The van der Waals surface area contributed by atoms with Crippen molar-refractivity contribution in [2.75, 3.05) is 36.0 Å². The zero-order chi connectivity index (χ0) is 32.4. The number of nitrogens with one attached hydrogen (secondary N) is 3. The van der Waals surface area contributed by atoms with Crippen LogP contribution in [0.3, 0.4) is 0 Å². The van der Waals surface area contributed by atoms with E-state index in [1.165, 1.54) is 80.7 Å². The molecule has 49 heavy (non-hydrogen) atoms. The molecule has 0 aromatic heterocycles. The molecule has 6 atom stereocenters. The van der Waals surface area contributed by atoms with Gasteiger partial charge in [0.15, 0.2) is 0 Å². The highest BCUT2D eigenvalue weighted by atomic mass is 15.4. The lowest BCUT2D eigenvalue weighted by Crippen LogP contribution is -2.61. The van der Waals surface area contributed by atoms with Crippen molar-refractivity contribution in [3.8, 4) is 0 Å². The van der Waals surface area contributed by atoms with Crippen LogP contribution in [0.15, 0.2) is 109 Å². The summed E-state index contributed by atoms with van der Waals surface area (Å²) in [6.45, 7) is 4.43. The van der Waals surface area contributed by atoms with Crippen molar-refractivity contribution in [3.05, 3.63) is 126 Å². The third-order valence-corrected chi connectivity index (χ3v) is 13.9. The molecule has 252 valence electrons. The molecule has 0 amide bonds. The highest BCUT2D eigenvalue weighted by Gasteiger charge is 2.61. The van der Waals surface area contributed by atoms with Gasteiger partial charge in [-0.2, -0.15) is 0 Å². The smallest absolute Gasteiger partial charge is 0.0873 e. The van der Waals surface area contributed by atoms with Gasteiger partial charge < -0.3 is 20.4 Å². The molecule has 4 heterocycles. The number of hydrogen-bond acceptors (Lipinski definition) is 5. The predicted octanol–water partition coefficient (Wildman–Crippen LogP) is 7.83. The third kappa shape index (κ3) is 4.91. The Morgan fingerprint density at radius 2 is 1.39 bits per heavy atom. The van der Waals surface area contributed by atoms with E-state index in [1.54, 1.807) is 11.1 Å². The van der Waals surface area contributed by atoms with E-state index in [4.69, 9.17) is 0 Å². The molecule has 2 aliphatic carbocycles. The second-order valence-corrected chi connectivity index (χ2v) is 16.3. The summed E-state index contributed by atoms with van der Waals surface area (Å²) in [5.74, 6) is 1.82. The first kappa shape index (κ1) is 30.2. The minimum atomic E-state index is 0.221. The molecule has 10 rings (SSSR count). The molecule has 4 aliphatic heterocycles. The minimum Gasteiger partial charge on any atom is -0.349 e. The largest absolute Gasteiger partial charge is 0.349 e. The number of rotatable bonds is 6. The van der Waals surface area contributed by atoms with Gasteiger partial charge in [0.05, 0.1) is 6.17 Å². The van der Waals surface area contributed by atoms with Crippen LogP contribution in [0.1, 0.15) is 79.9 Å². The number of hydrogen-bond donors (Lipinski definition) is 3. The van der Waals surface area contributed by atoms with E-state index in [9.17, 15) is 0 Å². The summed E-state index contributed by atoms with van der Waals surface area (Å²) in [4.78, 5) is 5.50. The third-order valence-electron chi connectivity index (χ3n) is 13.9. The zero-order valence-electron chi connectivity index (χ0n) is 28.7. The summed E-state index contributed by atoms with van der Waals surface area (Å²) in [7, 11) is 0. The molecule has 2 bridgehead atoms. The van der Waals surface area contributed by atoms with E-state index in [0.717, 1.165) is 25.4 Å². The molecule has 0 spiro atoms. The Hall–Kier alpha value is -3.64. The van der Waals surface area contributed by atoms with E-state index < -0.39 is 0 Å². The van der Waals surface area contributed by atoms with Gasteiger partial charge in [0.25, 0.3) is 0 Å². The topological polar surface area (TPSA) is 42.6 Å². The highest BCUT2D eigenvalue weighted by molar-refractivity contribution is 5.67. The Labute approximate surface area is 292 Å². The fraction of sp³-hybridized carbons (Fsp3) is 0.455. The number of anilines is 3. The maximum Gasteiger partial charge on any atom is 0.0873 e. The lowest BCUT2D eigenvalue weighted by molar-refractivity contribution is 0.200. The second kappa shape index (κ2) is 12.0. The van der Waals surface area contributed by atoms with Crippen molar-refractivity contribution >= 4 is 17.1 Å². The van der Waals surface area contributed by atoms with Crippen LogP contribution in [0.2, 0.25) is 0 Å². The fourth-order valence-electron chi connectivity index (χ4n) is 11.7. The van der Waals surface area contributed by atoms with Crippen LogP contribution in [-0.2, 0) is 5.41 Å². The summed E-state index contributed by atoms with van der Waals surface area (Å²) in [6, 6.07) is 42.5. The zero-order valence-corrected chi connectivity index (χ0v) is 28.7. The Morgan fingerprint density at radius 1 is 0.673 bits per heavy atom. The van der Waals surface area contributed by atoms with E-state index in [2.05, 4.69) is 135 Å². The molecule has 5 nitrogen and oxygen atoms in total. The number of benzene rings is 4. The van der Waals surface area contributed by atoms with Crippen LogP contribution < -0.4 is 25.8 Å². The molecule has 5 heteroatoms. The van der Waals surface area contributed by atoms with Crippen LogP contribution in [0.25, 0.3) is 0 Å². The van der Waals surface area contributed by atoms with Crippen molar-refractivity contribution in [2.24, 2.45) is 5.92 Å². The van der Waals surface area contributed by atoms with Crippen molar-refractivity contribution in [3.63, 3.8) is 0 Å². The molecule has 5 fully saturated rings. The number of fused-ring (bicyclic) bond motifs is 6. The summed E-state index contributed by atoms with van der Waals surface area (Å²) >= 11 is 0. The average molecular weight is 650 g/mol. The average Bonchev–Trinajstić information content (AvgIpc) is 3.85. The maximum absolute atomic E-state index is 4.19. The van der Waals surface area contributed by atoms with Gasteiger partial charge in [0.2, 0.25) is 0 Å². The van der Waals surface area contributed by atoms with E-state index in [1.807, 2.05) is 0 Å². The number of piperidine rings is 3. The highest BCUT2D eigenvalue weighted by Crippen LogP contribution is 2.63. The number of para-hydroxylation sites is 3. The molecule has 3 saturated heterocycles. The fourth-order valence-corrected chi connectivity index (χ4v) is 11.7. The van der Waals surface area contributed by atoms with Crippen molar-refractivity contribution in [1.82, 2.24) is 16.0 Å². The molecule has 4 aromatic carbocycles. The van der Waals surface area contributed by atoms with E-state index in [-0.39, 0.29) is 5.54 Å².